The van der Waals surface area contributed by atoms with Crippen molar-refractivity contribution in [2.24, 2.45) is 0 Å². The van der Waals surface area contributed by atoms with Crippen LogP contribution in [0.1, 0.15) is 65.7 Å². The van der Waals surface area contributed by atoms with Gasteiger partial charge in [-0.3, -0.25) is 0 Å². The summed E-state index contributed by atoms with van der Waals surface area (Å²) in [6, 6.07) is 0. The highest BCUT2D eigenvalue weighted by molar-refractivity contribution is 4.86. The Labute approximate surface area is 95.5 Å². The first kappa shape index (κ1) is 14.9. The van der Waals surface area contributed by atoms with Gasteiger partial charge in [-0.05, 0) is 32.2 Å². The molecular weight excluding hydrogens is 186 g/mol. The van der Waals surface area contributed by atoms with Gasteiger partial charge in [0.25, 0.3) is 0 Å². The molecule has 0 heterocycles. The molecule has 0 aliphatic heterocycles. The maximum Gasteiger partial charge on any atom is 0.0443 e. The van der Waals surface area contributed by atoms with E-state index < -0.39 is 0 Å². The van der Waals surface area contributed by atoms with Crippen LogP contribution in [0, 0.1) is 0 Å². The van der Waals surface area contributed by atoms with Gasteiger partial charge in [-0.2, -0.15) is 0 Å². The summed E-state index contributed by atoms with van der Waals surface area (Å²) in [6.45, 7) is 8.03. The molecule has 0 spiro atoms. The van der Waals surface area contributed by atoms with Crippen LogP contribution in [0.2, 0.25) is 0 Å². The van der Waals surface area contributed by atoms with Crippen LogP contribution in [0.3, 0.4) is 0 Å². The Morgan fingerprint density at radius 1 is 0.933 bits per heavy atom. The van der Waals surface area contributed by atoms with Gasteiger partial charge in [-0.25, -0.2) is 0 Å². The lowest BCUT2D eigenvalue weighted by Crippen LogP contribution is -2.45. The third-order valence-corrected chi connectivity index (χ3v) is 3.02. The average molecular weight is 215 g/mol. The summed E-state index contributed by atoms with van der Waals surface area (Å²) in [6.07, 6.45) is 8.39. The molecule has 0 atom stereocenters. The van der Waals surface area contributed by atoms with Crippen molar-refractivity contribution in [2.75, 3.05) is 13.2 Å². The predicted octanol–water partition coefficient (Wildman–Crippen LogP) is 3.10. The van der Waals surface area contributed by atoms with E-state index in [9.17, 15) is 0 Å². The molecule has 0 amide bonds. The quantitative estimate of drug-likeness (QED) is 0.549. The maximum absolute atomic E-state index is 8.81. The maximum atomic E-state index is 8.81. The van der Waals surface area contributed by atoms with Crippen molar-refractivity contribution < 1.29 is 5.11 Å². The van der Waals surface area contributed by atoms with Gasteiger partial charge >= 0.3 is 0 Å². The first-order valence-corrected chi connectivity index (χ1v) is 6.60. The van der Waals surface area contributed by atoms with E-state index in [1.54, 1.807) is 0 Å². The number of hydrogen-bond donors (Lipinski definition) is 2. The van der Waals surface area contributed by atoms with Gasteiger partial charge in [0.15, 0.2) is 0 Å². The van der Waals surface area contributed by atoms with Crippen LogP contribution in [0.15, 0.2) is 0 Å². The van der Waals surface area contributed by atoms with Crippen molar-refractivity contribution >= 4 is 0 Å². The molecule has 0 bridgehead atoms. The number of rotatable bonds is 10. The highest BCUT2D eigenvalue weighted by Crippen LogP contribution is 2.25. The fourth-order valence-corrected chi connectivity index (χ4v) is 2.51. The number of nitrogens with one attached hydrogen (secondary N) is 1. The van der Waals surface area contributed by atoms with Gasteiger partial charge in [-0.15, -0.1) is 0 Å². The molecule has 0 saturated carbocycles. The van der Waals surface area contributed by atoms with E-state index in [1.165, 1.54) is 38.5 Å². The lowest BCUT2D eigenvalue weighted by atomic mass is 9.84. The SMILES string of the molecule is CCCC(CCC)(CCC)NCCCO. The Kier molecular flexibility index (Phi) is 9.12. The van der Waals surface area contributed by atoms with Gasteiger partial charge in [0.2, 0.25) is 0 Å². The van der Waals surface area contributed by atoms with Gasteiger partial charge < -0.3 is 10.4 Å². The van der Waals surface area contributed by atoms with E-state index in [1.807, 2.05) is 0 Å². The molecule has 92 valence electrons. The summed E-state index contributed by atoms with van der Waals surface area (Å²) < 4.78 is 0. The summed E-state index contributed by atoms with van der Waals surface area (Å²) >= 11 is 0. The first-order valence-electron chi connectivity index (χ1n) is 6.60. The Bertz CT molecular complexity index is 119. The Balaban J connectivity index is 4.18. The van der Waals surface area contributed by atoms with Crippen LogP contribution in [-0.4, -0.2) is 23.8 Å². The van der Waals surface area contributed by atoms with Crippen molar-refractivity contribution in [2.45, 2.75) is 71.3 Å². The van der Waals surface area contributed by atoms with E-state index in [4.69, 9.17) is 5.11 Å². The van der Waals surface area contributed by atoms with Crippen LogP contribution in [-0.2, 0) is 0 Å². The van der Waals surface area contributed by atoms with Crippen molar-refractivity contribution in [3.05, 3.63) is 0 Å². The fraction of sp³-hybridized carbons (Fsp3) is 1.00. The molecule has 0 rings (SSSR count). The number of aliphatic hydroxyl groups is 1. The molecular formula is C13H29NO. The molecule has 0 fully saturated rings. The largest absolute Gasteiger partial charge is 0.396 e. The molecule has 2 N–H and O–H groups in total. The molecule has 0 aromatic rings. The fourth-order valence-electron chi connectivity index (χ4n) is 2.51. The second-order valence-electron chi connectivity index (χ2n) is 4.53. The molecule has 0 aliphatic rings. The predicted molar refractivity (Wildman–Crippen MR) is 67.2 cm³/mol. The third kappa shape index (κ3) is 6.16. The minimum absolute atomic E-state index is 0.299. The monoisotopic (exact) mass is 215 g/mol. The lowest BCUT2D eigenvalue weighted by molar-refractivity contribution is 0.233. The Morgan fingerprint density at radius 2 is 1.40 bits per heavy atom. The van der Waals surface area contributed by atoms with Crippen LogP contribution in [0.25, 0.3) is 0 Å². The van der Waals surface area contributed by atoms with Crippen molar-refractivity contribution in [1.82, 2.24) is 5.32 Å². The van der Waals surface area contributed by atoms with Crippen molar-refractivity contribution in [1.29, 1.82) is 0 Å². The number of aliphatic hydroxyl groups excluding tert-OH is 1. The van der Waals surface area contributed by atoms with Crippen LogP contribution in [0.5, 0.6) is 0 Å². The zero-order valence-electron chi connectivity index (χ0n) is 10.8. The molecule has 15 heavy (non-hydrogen) atoms. The zero-order chi connectivity index (χ0) is 11.6. The van der Waals surface area contributed by atoms with E-state index in [2.05, 4.69) is 26.1 Å². The van der Waals surface area contributed by atoms with Crippen molar-refractivity contribution in [3.8, 4) is 0 Å². The minimum atomic E-state index is 0.299. The molecule has 2 heteroatoms. The second kappa shape index (κ2) is 9.17. The van der Waals surface area contributed by atoms with Crippen molar-refractivity contribution in [3.63, 3.8) is 0 Å². The number of hydrogen-bond acceptors (Lipinski definition) is 2. The second-order valence-corrected chi connectivity index (χ2v) is 4.53. The highest BCUT2D eigenvalue weighted by Gasteiger charge is 2.25. The van der Waals surface area contributed by atoms with Crippen LogP contribution in [0.4, 0.5) is 0 Å². The summed E-state index contributed by atoms with van der Waals surface area (Å²) in [5.74, 6) is 0. The summed E-state index contributed by atoms with van der Waals surface area (Å²) in [5.41, 5.74) is 0.341. The normalized spacial score (nSPS) is 12.0. The molecule has 0 unspecified atom stereocenters. The molecule has 0 radical (unpaired) electrons. The van der Waals surface area contributed by atoms with Crippen LogP contribution >= 0.6 is 0 Å². The first-order chi connectivity index (χ1) is 7.24. The van der Waals surface area contributed by atoms with E-state index >= 15 is 0 Å². The Hall–Kier alpha value is -0.0800. The average Bonchev–Trinajstić information content (AvgIpc) is 2.19. The van der Waals surface area contributed by atoms with Crippen LogP contribution < -0.4 is 5.32 Å². The summed E-state index contributed by atoms with van der Waals surface area (Å²) in [5, 5.41) is 12.5. The molecule has 2 nitrogen and oxygen atoms in total. The third-order valence-electron chi connectivity index (χ3n) is 3.02. The lowest BCUT2D eigenvalue weighted by Gasteiger charge is -2.35. The smallest absolute Gasteiger partial charge is 0.0443 e. The van der Waals surface area contributed by atoms with E-state index in [0.717, 1.165) is 13.0 Å². The molecule has 0 saturated heterocycles. The molecule has 0 aromatic carbocycles. The standard InChI is InChI=1S/C13H29NO/c1-4-8-13(9-5-2,10-6-3)14-11-7-12-15/h14-15H,4-12H2,1-3H3. The highest BCUT2D eigenvalue weighted by atomic mass is 16.3. The van der Waals surface area contributed by atoms with Gasteiger partial charge in [0.1, 0.15) is 0 Å². The zero-order valence-corrected chi connectivity index (χ0v) is 10.8. The molecule has 0 aliphatic carbocycles. The topological polar surface area (TPSA) is 32.3 Å². The Morgan fingerprint density at radius 3 is 1.73 bits per heavy atom. The van der Waals surface area contributed by atoms with Gasteiger partial charge in [-0.1, -0.05) is 40.0 Å². The molecule has 0 aromatic heterocycles. The van der Waals surface area contributed by atoms with Gasteiger partial charge in [0, 0.05) is 12.1 Å². The minimum Gasteiger partial charge on any atom is -0.396 e. The van der Waals surface area contributed by atoms with Gasteiger partial charge in [0.05, 0.1) is 0 Å². The van der Waals surface area contributed by atoms with E-state index in [-0.39, 0.29) is 0 Å². The summed E-state index contributed by atoms with van der Waals surface area (Å²) in [7, 11) is 0. The summed E-state index contributed by atoms with van der Waals surface area (Å²) in [4.78, 5) is 0. The van der Waals surface area contributed by atoms with E-state index in [0.29, 0.717) is 12.1 Å².